The summed E-state index contributed by atoms with van der Waals surface area (Å²) >= 11 is 0. The third-order valence-electron chi connectivity index (χ3n) is 4.80. The Kier molecular flexibility index (Phi) is 19.6. The molecule has 0 aliphatic carbocycles. The fourth-order valence-electron chi connectivity index (χ4n) is 3.10. The van der Waals surface area contributed by atoms with Crippen molar-refractivity contribution in [2.45, 2.75) is 19.4 Å². The van der Waals surface area contributed by atoms with E-state index < -0.39 is 41.5 Å². The molecule has 0 aliphatic rings. The SMILES string of the molecule is CCNC(CC(=O)NCN(CC(=O)NCN)CC(=O)NCN)C(=O)NCN(CC(=O)NCN)CC(=O)NCN. The summed E-state index contributed by atoms with van der Waals surface area (Å²) in [5, 5.41) is 17.6. The third-order valence-corrected chi connectivity index (χ3v) is 4.80. The van der Waals surface area contributed by atoms with Gasteiger partial charge in [0.15, 0.2) is 0 Å². The van der Waals surface area contributed by atoms with Crippen molar-refractivity contribution < 1.29 is 28.8 Å². The highest BCUT2D eigenvalue weighted by Crippen LogP contribution is 1.96. The lowest BCUT2D eigenvalue weighted by atomic mass is 10.2. The summed E-state index contributed by atoms with van der Waals surface area (Å²) in [5.74, 6) is -2.93. The van der Waals surface area contributed by atoms with Crippen molar-refractivity contribution in [2.24, 2.45) is 22.9 Å². The van der Waals surface area contributed by atoms with E-state index in [1.165, 1.54) is 9.80 Å². The molecule has 0 radical (unpaired) electrons. The van der Waals surface area contributed by atoms with E-state index in [2.05, 4.69) is 37.2 Å². The van der Waals surface area contributed by atoms with Crippen LogP contribution in [-0.4, -0.2) is 124 Å². The van der Waals surface area contributed by atoms with E-state index in [-0.39, 0.29) is 72.6 Å². The number of hydrogen-bond acceptors (Lipinski definition) is 13. The van der Waals surface area contributed by atoms with Crippen molar-refractivity contribution in [3.05, 3.63) is 0 Å². The Labute approximate surface area is 226 Å². The van der Waals surface area contributed by atoms with Gasteiger partial charge in [0.1, 0.15) is 0 Å². The van der Waals surface area contributed by atoms with Crippen molar-refractivity contribution in [1.29, 1.82) is 0 Å². The van der Waals surface area contributed by atoms with Crippen LogP contribution in [0.1, 0.15) is 13.3 Å². The molecule has 0 aromatic rings. The first-order chi connectivity index (χ1) is 18.6. The van der Waals surface area contributed by atoms with Gasteiger partial charge in [0, 0.05) is 0 Å². The van der Waals surface area contributed by atoms with Gasteiger partial charge in [-0.15, -0.1) is 0 Å². The van der Waals surface area contributed by atoms with Gasteiger partial charge in [0.05, 0.1) is 78.7 Å². The largest absolute Gasteiger partial charge is 0.343 e. The van der Waals surface area contributed by atoms with Crippen LogP contribution < -0.4 is 60.2 Å². The number of amides is 6. The van der Waals surface area contributed by atoms with Gasteiger partial charge in [-0.1, -0.05) is 6.92 Å². The molecule has 6 amide bonds. The van der Waals surface area contributed by atoms with E-state index in [0.29, 0.717) is 6.54 Å². The average molecular weight is 562 g/mol. The van der Waals surface area contributed by atoms with Gasteiger partial charge < -0.3 is 60.2 Å². The molecule has 224 valence electrons. The Morgan fingerprint density at radius 2 is 0.923 bits per heavy atom. The maximum absolute atomic E-state index is 12.8. The van der Waals surface area contributed by atoms with Crippen molar-refractivity contribution >= 4 is 35.4 Å². The Morgan fingerprint density at radius 1 is 0.564 bits per heavy atom. The summed E-state index contributed by atoms with van der Waals surface area (Å²) < 4.78 is 0. The molecule has 1 atom stereocenters. The fraction of sp³-hybridized carbons (Fsp3) is 0.700. The first-order valence-corrected chi connectivity index (χ1v) is 12.2. The summed E-state index contributed by atoms with van der Waals surface area (Å²) in [4.78, 5) is 75.7. The van der Waals surface area contributed by atoms with Crippen molar-refractivity contribution in [3.63, 3.8) is 0 Å². The number of hydrogen-bond donors (Lipinski definition) is 11. The van der Waals surface area contributed by atoms with Crippen LogP contribution in [0.15, 0.2) is 0 Å². The van der Waals surface area contributed by atoms with Crippen LogP contribution in [0.2, 0.25) is 0 Å². The predicted octanol–water partition coefficient (Wildman–Crippen LogP) is -7.76. The first-order valence-electron chi connectivity index (χ1n) is 12.2. The zero-order valence-electron chi connectivity index (χ0n) is 22.2. The van der Waals surface area contributed by atoms with E-state index in [4.69, 9.17) is 22.9 Å². The molecule has 39 heavy (non-hydrogen) atoms. The fourth-order valence-corrected chi connectivity index (χ4v) is 3.10. The number of carbonyl (C=O) groups excluding carboxylic acids is 6. The Bertz CT molecular complexity index is 760. The monoisotopic (exact) mass is 561 g/mol. The van der Waals surface area contributed by atoms with Crippen molar-refractivity contribution in [2.75, 3.05) is 72.7 Å². The highest BCUT2D eigenvalue weighted by molar-refractivity contribution is 5.88. The highest BCUT2D eigenvalue weighted by Gasteiger charge is 2.23. The zero-order valence-corrected chi connectivity index (χ0v) is 22.2. The van der Waals surface area contributed by atoms with E-state index in [0.717, 1.165) is 0 Å². The number of nitrogens with two attached hydrogens (primary N) is 4. The summed E-state index contributed by atoms with van der Waals surface area (Å²) in [5.41, 5.74) is 21.2. The second-order valence-electron chi connectivity index (χ2n) is 7.96. The minimum Gasteiger partial charge on any atom is -0.343 e. The second kappa shape index (κ2) is 21.5. The molecule has 1 unspecified atom stereocenters. The maximum atomic E-state index is 12.8. The van der Waals surface area contributed by atoms with Crippen LogP contribution in [0.3, 0.4) is 0 Å². The van der Waals surface area contributed by atoms with E-state index in [9.17, 15) is 28.8 Å². The number of carbonyl (C=O) groups is 6. The summed E-state index contributed by atoms with van der Waals surface area (Å²) in [7, 11) is 0. The van der Waals surface area contributed by atoms with Crippen LogP contribution in [-0.2, 0) is 28.8 Å². The maximum Gasteiger partial charge on any atom is 0.238 e. The molecule has 0 spiro atoms. The molecular formula is C20H43N13O6. The van der Waals surface area contributed by atoms with Gasteiger partial charge in [-0.25, -0.2) is 0 Å². The molecule has 0 aliphatic heterocycles. The summed E-state index contributed by atoms with van der Waals surface area (Å²) in [6.07, 6.45) is -0.279. The molecule has 0 aromatic carbocycles. The Balaban J connectivity index is 5.12. The molecular weight excluding hydrogens is 518 g/mol. The predicted molar refractivity (Wildman–Crippen MR) is 140 cm³/mol. The zero-order chi connectivity index (χ0) is 29.6. The summed E-state index contributed by atoms with van der Waals surface area (Å²) in [6, 6.07) is -0.956. The Morgan fingerprint density at radius 3 is 1.26 bits per heavy atom. The van der Waals surface area contributed by atoms with Gasteiger partial charge in [-0.2, -0.15) is 0 Å². The van der Waals surface area contributed by atoms with Gasteiger partial charge in [0.2, 0.25) is 35.4 Å². The van der Waals surface area contributed by atoms with Crippen LogP contribution in [0.25, 0.3) is 0 Å². The average Bonchev–Trinajstić information content (AvgIpc) is 2.86. The summed E-state index contributed by atoms with van der Waals surface area (Å²) in [6.45, 7) is 0.450. The Hall–Kier alpha value is -3.46. The molecule has 0 rings (SSSR count). The number of rotatable bonds is 21. The second-order valence-corrected chi connectivity index (χ2v) is 7.96. The third kappa shape index (κ3) is 17.6. The molecule has 15 N–H and O–H groups in total. The highest BCUT2D eigenvalue weighted by atomic mass is 16.2. The molecule has 19 heteroatoms. The van der Waals surface area contributed by atoms with Gasteiger partial charge in [-0.3, -0.25) is 38.6 Å². The number of nitrogens with zero attached hydrogens (tertiary/aromatic N) is 2. The number of likely N-dealkylation sites (N-methyl/N-ethyl adjacent to an activating group) is 1. The van der Waals surface area contributed by atoms with Crippen molar-refractivity contribution in [3.8, 4) is 0 Å². The minimum atomic E-state index is -0.956. The van der Waals surface area contributed by atoms with Crippen LogP contribution in [0.4, 0.5) is 0 Å². The lowest BCUT2D eigenvalue weighted by Gasteiger charge is -2.24. The lowest BCUT2D eigenvalue weighted by molar-refractivity contribution is -0.131. The smallest absolute Gasteiger partial charge is 0.238 e. The standard InChI is InChI=1S/C20H43N13O6/c1-2-25-14(20(39)31-13-33(6-18(37)28-10-23)7-19(38)29-11-24)3-15(34)30-12-32(4-16(35)26-8-21)5-17(36)27-9-22/h14,25H,2-13,21-24H2,1H3,(H,26,35)(H,27,36)(H,28,37)(H,29,38)(H,30,34)(H,31,39). The van der Waals surface area contributed by atoms with Crippen molar-refractivity contribution in [1.82, 2.24) is 47.0 Å². The molecule has 0 fully saturated rings. The first kappa shape index (κ1) is 35.5. The quantitative estimate of drug-likeness (QED) is 0.0581. The number of nitrogens with one attached hydrogen (secondary N) is 7. The topological polar surface area (TPSA) is 297 Å². The van der Waals surface area contributed by atoms with Crippen LogP contribution in [0.5, 0.6) is 0 Å². The van der Waals surface area contributed by atoms with Crippen LogP contribution in [0, 0.1) is 0 Å². The van der Waals surface area contributed by atoms with E-state index in [1.807, 2.05) is 0 Å². The molecule has 0 aromatic heterocycles. The molecule has 0 saturated carbocycles. The van der Waals surface area contributed by atoms with Gasteiger partial charge in [0.25, 0.3) is 0 Å². The van der Waals surface area contributed by atoms with Gasteiger partial charge >= 0.3 is 0 Å². The molecule has 0 heterocycles. The normalized spacial score (nSPS) is 11.5. The van der Waals surface area contributed by atoms with Crippen LogP contribution >= 0.6 is 0 Å². The van der Waals surface area contributed by atoms with E-state index in [1.54, 1.807) is 6.92 Å². The minimum absolute atomic E-state index is 0.0969. The lowest BCUT2D eigenvalue weighted by Crippen LogP contribution is -2.53. The molecule has 19 nitrogen and oxygen atoms in total. The van der Waals surface area contributed by atoms with Gasteiger partial charge in [-0.05, 0) is 6.54 Å². The van der Waals surface area contributed by atoms with E-state index >= 15 is 0 Å². The molecule has 0 bridgehead atoms. The molecule has 0 saturated heterocycles.